The number of hydrogen-bond acceptors (Lipinski definition) is 7. The van der Waals surface area contributed by atoms with E-state index in [9.17, 15) is 24.0 Å². The molecule has 0 saturated carbocycles. The summed E-state index contributed by atoms with van der Waals surface area (Å²) in [7, 11) is 1.52. The third-order valence-corrected chi connectivity index (χ3v) is 9.61. The number of nitrogens with one attached hydrogen (secondary N) is 3. The number of amides is 4. The van der Waals surface area contributed by atoms with Gasteiger partial charge in [-0.2, -0.15) is 4.73 Å². The van der Waals surface area contributed by atoms with Crippen molar-refractivity contribution in [1.82, 2.24) is 25.6 Å². The molecule has 4 amide bonds. The van der Waals surface area contributed by atoms with E-state index in [0.29, 0.717) is 48.9 Å². The van der Waals surface area contributed by atoms with Crippen molar-refractivity contribution in [3.8, 4) is 0 Å². The fourth-order valence-corrected chi connectivity index (χ4v) is 6.67. The van der Waals surface area contributed by atoms with Crippen molar-refractivity contribution in [3.05, 3.63) is 36.0 Å². The number of unbranched alkanes of at least 4 members (excludes halogenated alkanes) is 2. The molecule has 240 valence electrons. The van der Waals surface area contributed by atoms with E-state index in [2.05, 4.69) is 16.0 Å². The van der Waals surface area contributed by atoms with Gasteiger partial charge >= 0.3 is 0 Å². The molecular formula is C32H45N5O6S. The van der Waals surface area contributed by atoms with Gasteiger partial charge in [0, 0.05) is 30.2 Å². The Hall–Kier alpha value is -3.54. The molecule has 44 heavy (non-hydrogen) atoms. The number of hydrogen-bond donors (Lipinski definition) is 3. The van der Waals surface area contributed by atoms with Crippen molar-refractivity contribution in [2.45, 2.75) is 96.3 Å². The maximum absolute atomic E-state index is 14.1. The number of aromatic nitrogens is 1. The summed E-state index contributed by atoms with van der Waals surface area (Å²) in [4.78, 5) is 74.3. The van der Waals surface area contributed by atoms with Crippen molar-refractivity contribution >= 4 is 51.4 Å². The number of carbonyl (C=O) groups excluding carboxylic acids is 5. The molecule has 2 aromatic rings. The van der Waals surface area contributed by atoms with Crippen LogP contribution in [0.15, 0.2) is 30.5 Å². The van der Waals surface area contributed by atoms with E-state index >= 15 is 0 Å². The van der Waals surface area contributed by atoms with Crippen LogP contribution >= 0.6 is 11.8 Å². The second kappa shape index (κ2) is 15.5. The number of carbonyl (C=O) groups is 5. The molecule has 0 spiro atoms. The van der Waals surface area contributed by atoms with Gasteiger partial charge in [-0.15, -0.1) is 0 Å². The van der Waals surface area contributed by atoms with Gasteiger partial charge in [0.15, 0.2) is 5.12 Å². The van der Waals surface area contributed by atoms with Crippen LogP contribution in [0, 0.1) is 5.92 Å². The first-order valence-electron chi connectivity index (χ1n) is 15.7. The van der Waals surface area contributed by atoms with E-state index in [4.69, 9.17) is 4.84 Å². The lowest BCUT2D eigenvalue weighted by atomic mass is 9.93. The molecule has 0 bridgehead atoms. The Morgan fingerprint density at radius 3 is 2.52 bits per heavy atom. The van der Waals surface area contributed by atoms with Crippen LogP contribution in [0.4, 0.5) is 0 Å². The smallest absolute Gasteiger partial charge is 0.247 e. The van der Waals surface area contributed by atoms with Crippen LogP contribution in [0.25, 0.3) is 10.9 Å². The Kier molecular flexibility index (Phi) is 11.7. The van der Waals surface area contributed by atoms with E-state index in [-0.39, 0.29) is 22.8 Å². The second-order valence-corrected chi connectivity index (χ2v) is 13.0. The zero-order chi connectivity index (χ0) is 31.8. The van der Waals surface area contributed by atoms with Gasteiger partial charge in [-0.3, -0.25) is 24.0 Å². The van der Waals surface area contributed by atoms with Crippen molar-refractivity contribution < 1.29 is 28.8 Å². The predicted octanol–water partition coefficient (Wildman–Crippen LogP) is 3.11. The molecule has 2 saturated heterocycles. The molecule has 5 atom stereocenters. The lowest BCUT2D eigenvalue weighted by molar-refractivity contribution is -0.147. The lowest BCUT2D eigenvalue weighted by Gasteiger charge is -2.39. The number of fused-ring (bicyclic) bond motifs is 2. The molecule has 0 aliphatic carbocycles. The Balaban J connectivity index is 1.71. The number of para-hydroxylation sites is 1. The average Bonchev–Trinajstić information content (AvgIpc) is 3.40. The van der Waals surface area contributed by atoms with Gasteiger partial charge in [-0.05, 0) is 44.1 Å². The van der Waals surface area contributed by atoms with Crippen LogP contribution in [-0.2, 0) is 24.0 Å². The standard InChI is InChI=1S/C32H45N5O6S/c1-5-20(2)27-32(42)36-17-11-10-16-26(36)30(40)33-24(14-7-6-12-18-44-21(3)38)29(39)35-28(31(41)34-27)23-19-37(43-4)25-15-9-8-13-22(23)25/h8-9,13,15,19-20,24,26-28H,5-7,10-12,14,16-18H2,1-4H3,(H,33,40)(H,34,41)(H,35,39)/t20?,24-,26+,27?,28-/m0/s1. The molecule has 2 aliphatic rings. The van der Waals surface area contributed by atoms with Crippen molar-refractivity contribution in [3.63, 3.8) is 0 Å². The highest BCUT2D eigenvalue weighted by atomic mass is 32.2. The van der Waals surface area contributed by atoms with Gasteiger partial charge in [0.25, 0.3) is 0 Å². The number of rotatable bonds is 10. The summed E-state index contributed by atoms with van der Waals surface area (Å²) in [5, 5.41) is 9.63. The molecule has 0 radical (unpaired) electrons. The summed E-state index contributed by atoms with van der Waals surface area (Å²) in [6.45, 7) is 5.81. The fraction of sp³-hybridized carbons (Fsp3) is 0.594. The maximum Gasteiger partial charge on any atom is 0.247 e. The summed E-state index contributed by atoms with van der Waals surface area (Å²) >= 11 is 1.27. The van der Waals surface area contributed by atoms with Gasteiger partial charge in [0.05, 0.1) is 11.7 Å². The van der Waals surface area contributed by atoms with E-state index in [0.717, 1.165) is 31.2 Å². The number of benzene rings is 1. The normalized spacial score (nSPS) is 24.0. The molecule has 2 fully saturated rings. The molecule has 3 heterocycles. The molecule has 3 N–H and O–H groups in total. The second-order valence-electron chi connectivity index (χ2n) is 11.7. The van der Waals surface area contributed by atoms with Crippen LogP contribution in [0.1, 0.15) is 83.7 Å². The monoisotopic (exact) mass is 627 g/mol. The fourth-order valence-electron chi connectivity index (χ4n) is 6.03. The van der Waals surface area contributed by atoms with Crippen molar-refractivity contribution in [2.24, 2.45) is 5.92 Å². The quantitative estimate of drug-likeness (QED) is 0.344. The van der Waals surface area contributed by atoms with Crippen LogP contribution in [0.5, 0.6) is 0 Å². The summed E-state index contributed by atoms with van der Waals surface area (Å²) in [6, 6.07) is 3.78. The zero-order valence-electron chi connectivity index (χ0n) is 26.1. The van der Waals surface area contributed by atoms with Gasteiger partial charge in [0.1, 0.15) is 31.3 Å². The predicted molar refractivity (Wildman–Crippen MR) is 170 cm³/mol. The summed E-state index contributed by atoms with van der Waals surface area (Å²) in [5.41, 5.74) is 1.24. The zero-order valence-corrected chi connectivity index (χ0v) is 26.9. The van der Waals surface area contributed by atoms with Crippen molar-refractivity contribution in [2.75, 3.05) is 19.4 Å². The maximum atomic E-state index is 14.1. The van der Waals surface area contributed by atoms with E-state index < -0.39 is 36.0 Å². The Labute approximate surface area is 263 Å². The molecule has 4 rings (SSSR count). The third kappa shape index (κ3) is 7.75. The number of piperidine rings is 1. The average molecular weight is 628 g/mol. The SMILES string of the molecule is CCC(C)C1NC(=O)[C@H](c2cn(OC)c3ccccc23)NC(=O)[C@H](CCCCCSC(C)=O)NC(=O)[C@H]2CCCCN2C1=O. The highest BCUT2D eigenvalue weighted by Crippen LogP contribution is 2.28. The van der Waals surface area contributed by atoms with E-state index in [1.807, 2.05) is 38.1 Å². The lowest BCUT2D eigenvalue weighted by Crippen LogP contribution is -2.62. The largest absolute Gasteiger partial charge is 0.417 e. The first-order chi connectivity index (χ1) is 21.2. The van der Waals surface area contributed by atoms with Gasteiger partial charge in [-0.25, -0.2) is 0 Å². The molecule has 1 aromatic heterocycles. The molecule has 2 aliphatic heterocycles. The topological polar surface area (TPSA) is 139 Å². The molecule has 11 nitrogen and oxygen atoms in total. The minimum Gasteiger partial charge on any atom is -0.417 e. The number of thioether (sulfide) groups is 1. The molecule has 1 aromatic carbocycles. The van der Waals surface area contributed by atoms with Crippen LogP contribution in [0.3, 0.4) is 0 Å². The number of nitrogens with zero attached hydrogens (tertiary/aromatic N) is 2. The van der Waals surface area contributed by atoms with Gasteiger partial charge in [0.2, 0.25) is 23.6 Å². The Morgan fingerprint density at radius 2 is 1.80 bits per heavy atom. The van der Waals surface area contributed by atoms with E-state index in [1.165, 1.54) is 30.5 Å². The van der Waals surface area contributed by atoms with E-state index in [1.54, 1.807) is 11.1 Å². The molecular weight excluding hydrogens is 582 g/mol. The summed E-state index contributed by atoms with van der Waals surface area (Å²) in [6.07, 6.45) is 6.92. The first-order valence-corrected chi connectivity index (χ1v) is 16.6. The van der Waals surface area contributed by atoms with Gasteiger partial charge in [-0.1, -0.05) is 63.1 Å². The van der Waals surface area contributed by atoms with Crippen LogP contribution < -0.4 is 20.8 Å². The van der Waals surface area contributed by atoms with Crippen LogP contribution in [-0.4, -0.2) is 75.9 Å². The van der Waals surface area contributed by atoms with Crippen LogP contribution in [0.2, 0.25) is 0 Å². The van der Waals surface area contributed by atoms with Gasteiger partial charge < -0.3 is 25.7 Å². The Morgan fingerprint density at radius 1 is 1.02 bits per heavy atom. The first kappa shape index (κ1) is 33.4. The summed E-state index contributed by atoms with van der Waals surface area (Å²) in [5.74, 6) is -1.12. The Bertz CT molecular complexity index is 1360. The minimum atomic E-state index is -1.15. The molecule has 12 heteroatoms. The summed E-state index contributed by atoms with van der Waals surface area (Å²) < 4.78 is 1.54. The third-order valence-electron chi connectivity index (χ3n) is 8.71. The highest BCUT2D eigenvalue weighted by molar-refractivity contribution is 8.13. The molecule has 2 unspecified atom stereocenters. The van der Waals surface area contributed by atoms with Crippen molar-refractivity contribution in [1.29, 1.82) is 0 Å². The highest BCUT2D eigenvalue weighted by Gasteiger charge is 2.41. The minimum absolute atomic E-state index is 0.0669.